The monoisotopic (exact) mass is 699 g/mol. The van der Waals surface area contributed by atoms with Crippen LogP contribution in [0, 0.1) is 0 Å². The van der Waals surface area contributed by atoms with Crippen LogP contribution in [-0.2, 0) is 5.41 Å². The Kier molecular flexibility index (Phi) is 6.29. The second kappa shape index (κ2) is 11.4. The number of rotatable bonds is 4. The Morgan fingerprint density at radius 2 is 0.927 bits per heavy atom. The van der Waals surface area contributed by atoms with E-state index >= 15 is 0 Å². The van der Waals surface area contributed by atoms with Crippen molar-refractivity contribution < 1.29 is 4.42 Å². The SMILES string of the molecule is c1ccc(N(c2ccc(-c3ccc4oc5ccccc5c4c3)cc2)c2ccc3c(c2)C2(c4ccccc4-3)c3ccccc3-c3ccc4ccccc4c32)cc1. The first-order valence-electron chi connectivity index (χ1n) is 19.0. The summed E-state index contributed by atoms with van der Waals surface area (Å²) in [4.78, 5) is 2.40. The summed E-state index contributed by atoms with van der Waals surface area (Å²) in [7, 11) is 0. The van der Waals surface area contributed by atoms with E-state index in [2.05, 4.69) is 193 Å². The van der Waals surface area contributed by atoms with Crippen LogP contribution in [0.25, 0.3) is 66.1 Å². The Morgan fingerprint density at radius 3 is 1.75 bits per heavy atom. The molecule has 10 aromatic rings. The highest BCUT2D eigenvalue weighted by atomic mass is 16.3. The van der Waals surface area contributed by atoms with E-state index in [-0.39, 0.29) is 0 Å². The van der Waals surface area contributed by atoms with Crippen molar-refractivity contribution in [2.45, 2.75) is 5.41 Å². The molecule has 1 spiro atoms. The third kappa shape index (κ3) is 4.19. The van der Waals surface area contributed by atoms with Gasteiger partial charge >= 0.3 is 0 Å². The molecule has 12 rings (SSSR count). The number of para-hydroxylation sites is 2. The van der Waals surface area contributed by atoms with E-state index in [1.54, 1.807) is 0 Å². The largest absolute Gasteiger partial charge is 0.456 e. The van der Waals surface area contributed by atoms with Crippen molar-refractivity contribution in [3.63, 3.8) is 0 Å². The fourth-order valence-corrected chi connectivity index (χ4v) is 9.78. The Labute approximate surface area is 319 Å². The van der Waals surface area contributed by atoms with Crippen LogP contribution in [0.4, 0.5) is 17.1 Å². The first kappa shape index (κ1) is 30.3. The van der Waals surface area contributed by atoms with E-state index in [0.717, 1.165) is 39.0 Å². The minimum absolute atomic E-state index is 0.461. The molecular weight excluding hydrogens is 667 g/mol. The highest BCUT2D eigenvalue weighted by Crippen LogP contribution is 2.64. The Bertz CT molecular complexity index is 3140. The molecule has 1 unspecified atom stereocenters. The smallest absolute Gasteiger partial charge is 0.135 e. The highest BCUT2D eigenvalue weighted by molar-refractivity contribution is 6.07. The van der Waals surface area contributed by atoms with Crippen molar-refractivity contribution in [1.29, 1.82) is 0 Å². The van der Waals surface area contributed by atoms with Crippen LogP contribution in [0.2, 0.25) is 0 Å². The van der Waals surface area contributed by atoms with Gasteiger partial charge in [0.15, 0.2) is 0 Å². The standard InChI is InChI=1S/C53H33NO/c1-2-13-37(14-3-1)54(38-26-22-34(23-27-38)36-25-31-51-46(32-36)44-18-8-11-21-50(44)55-51)39-28-30-43-41-16-6-9-19-47(41)53(49(43)33-39)48-20-10-7-17-42(48)45-29-24-35-12-4-5-15-40(35)52(45)53/h1-33H. The summed E-state index contributed by atoms with van der Waals surface area (Å²) < 4.78 is 6.13. The van der Waals surface area contributed by atoms with Gasteiger partial charge in [-0.25, -0.2) is 0 Å². The average Bonchev–Trinajstić information content (AvgIpc) is 3.88. The van der Waals surface area contributed by atoms with Crippen molar-refractivity contribution >= 4 is 49.8 Å². The lowest BCUT2D eigenvalue weighted by molar-refractivity contribution is 0.669. The zero-order valence-electron chi connectivity index (χ0n) is 29.9. The van der Waals surface area contributed by atoms with Gasteiger partial charge in [0.05, 0.1) is 5.41 Å². The fourth-order valence-electron chi connectivity index (χ4n) is 9.78. The van der Waals surface area contributed by atoms with Crippen LogP contribution in [0.15, 0.2) is 205 Å². The first-order chi connectivity index (χ1) is 27.3. The number of furan rings is 1. The topological polar surface area (TPSA) is 16.4 Å². The number of hydrogen-bond donors (Lipinski definition) is 0. The normalized spacial score (nSPS) is 15.0. The maximum atomic E-state index is 6.13. The summed E-state index contributed by atoms with van der Waals surface area (Å²) in [6.07, 6.45) is 0. The zero-order valence-corrected chi connectivity index (χ0v) is 29.9. The molecule has 1 atom stereocenters. The second-order valence-electron chi connectivity index (χ2n) is 14.8. The molecule has 0 aliphatic heterocycles. The van der Waals surface area contributed by atoms with Gasteiger partial charge in [-0.3, -0.25) is 0 Å². The van der Waals surface area contributed by atoms with Gasteiger partial charge in [0.2, 0.25) is 0 Å². The zero-order chi connectivity index (χ0) is 36.1. The molecule has 55 heavy (non-hydrogen) atoms. The molecule has 0 N–H and O–H groups in total. The van der Waals surface area contributed by atoms with Gasteiger partial charge in [-0.1, -0.05) is 146 Å². The van der Waals surface area contributed by atoms with Gasteiger partial charge in [0.25, 0.3) is 0 Å². The number of benzene rings is 9. The molecule has 0 bridgehead atoms. The lowest BCUT2D eigenvalue weighted by Gasteiger charge is -2.33. The van der Waals surface area contributed by atoms with Crippen molar-refractivity contribution in [2.24, 2.45) is 0 Å². The van der Waals surface area contributed by atoms with Crippen molar-refractivity contribution in [2.75, 3.05) is 4.90 Å². The quantitative estimate of drug-likeness (QED) is 0.182. The Hall–Kier alpha value is -7.16. The van der Waals surface area contributed by atoms with Gasteiger partial charge in [-0.15, -0.1) is 0 Å². The molecule has 0 fully saturated rings. The molecule has 0 amide bonds. The van der Waals surface area contributed by atoms with Crippen molar-refractivity contribution in [1.82, 2.24) is 0 Å². The molecule has 2 nitrogen and oxygen atoms in total. The third-order valence-electron chi connectivity index (χ3n) is 12.1. The molecule has 2 aliphatic rings. The number of anilines is 3. The van der Waals surface area contributed by atoms with Crippen LogP contribution in [0.1, 0.15) is 22.3 Å². The van der Waals surface area contributed by atoms with Crippen LogP contribution in [0.5, 0.6) is 0 Å². The summed E-state index contributed by atoms with van der Waals surface area (Å²) in [6.45, 7) is 0. The lowest BCUT2D eigenvalue weighted by Crippen LogP contribution is -2.26. The van der Waals surface area contributed by atoms with E-state index in [9.17, 15) is 0 Å². The molecule has 0 saturated carbocycles. The molecule has 0 radical (unpaired) electrons. The number of fused-ring (bicyclic) bond motifs is 15. The molecule has 256 valence electrons. The number of hydrogen-bond acceptors (Lipinski definition) is 2. The molecule has 2 aliphatic carbocycles. The second-order valence-corrected chi connectivity index (χ2v) is 14.8. The van der Waals surface area contributed by atoms with Crippen LogP contribution >= 0.6 is 0 Å². The van der Waals surface area contributed by atoms with Crippen LogP contribution < -0.4 is 4.90 Å². The van der Waals surface area contributed by atoms with Gasteiger partial charge in [-0.05, 0) is 121 Å². The van der Waals surface area contributed by atoms with Gasteiger partial charge in [0, 0.05) is 27.8 Å². The average molecular weight is 700 g/mol. The lowest BCUT2D eigenvalue weighted by atomic mass is 9.69. The minimum Gasteiger partial charge on any atom is -0.456 e. The van der Waals surface area contributed by atoms with Crippen LogP contribution in [-0.4, -0.2) is 0 Å². The Morgan fingerprint density at radius 1 is 0.345 bits per heavy atom. The van der Waals surface area contributed by atoms with Crippen LogP contribution in [0.3, 0.4) is 0 Å². The Balaban J connectivity index is 1.06. The van der Waals surface area contributed by atoms with E-state index in [1.165, 1.54) is 66.4 Å². The summed E-state index contributed by atoms with van der Waals surface area (Å²) >= 11 is 0. The minimum atomic E-state index is -0.461. The predicted molar refractivity (Wildman–Crippen MR) is 228 cm³/mol. The maximum Gasteiger partial charge on any atom is 0.135 e. The van der Waals surface area contributed by atoms with Gasteiger partial charge < -0.3 is 9.32 Å². The van der Waals surface area contributed by atoms with Crippen molar-refractivity contribution in [3.05, 3.63) is 222 Å². The predicted octanol–water partition coefficient (Wildman–Crippen LogP) is 14.2. The van der Waals surface area contributed by atoms with E-state index in [0.29, 0.717) is 0 Å². The maximum absolute atomic E-state index is 6.13. The first-order valence-corrected chi connectivity index (χ1v) is 19.0. The van der Waals surface area contributed by atoms with E-state index in [4.69, 9.17) is 4.42 Å². The number of nitrogens with zero attached hydrogens (tertiary/aromatic N) is 1. The van der Waals surface area contributed by atoms with E-state index < -0.39 is 5.41 Å². The van der Waals surface area contributed by atoms with Gasteiger partial charge in [0.1, 0.15) is 11.2 Å². The molecule has 1 aromatic heterocycles. The molecule has 2 heteroatoms. The third-order valence-corrected chi connectivity index (χ3v) is 12.1. The highest BCUT2D eigenvalue weighted by Gasteiger charge is 2.52. The summed E-state index contributed by atoms with van der Waals surface area (Å²) in [5.41, 5.74) is 17.7. The molecular formula is C53H33NO. The fraction of sp³-hybridized carbons (Fsp3) is 0.0189. The summed E-state index contributed by atoms with van der Waals surface area (Å²) in [5.74, 6) is 0. The summed E-state index contributed by atoms with van der Waals surface area (Å²) in [6, 6.07) is 73.4. The molecule has 0 saturated heterocycles. The van der Waals surface area contributed by atoms with E-state index in [1.807, 2.05) is 12.1 Å². The molecule has 9 aromatic carbocycles. The van der Waals surface area contributed by atoms with Crippen molar-refractivity contribution in [3.8, 4) is 33.4 Å². The summed E-state index contributed by atoms with van der Waals surface area (Å²) in [5, 5.41) is 4.85. The van der Waals surface area contributed by atoms with Gasteiger partial charge in [-0.2, -0.15) is 0 Å². The molecule has 1 heterocycles.